The van der Waals surface area contributed by atoms with Gasteiger partial charge in [-0.1, -0.05) is 0 Å². The van der Waals surface area contributed by atoms with Crippen molar-refractivity contribution in [3.8, 4) is 0 Å². The monoisotopic (exact) mass is 280 g/mol. The number of hydrazine groups is 1. The Kier molecular flexibility index (Phi) is 4.42. The second-order valence-electron chi connectivity index (χ2n) is 5.88. The van der Waals surface area contributed by atoms with Crippen molar-refractivity contribution < 1.29 is 5.11 Å². The van der Waals surface area contributed by atoms with Crippen LogP contribution < -0.4 is 16.2 Å². The van der Waals surface area contributed by atoms with E-state index in [0.717, 1.165) is 32.0 Å². The van der Waals surface area contributed by atoms with Gasteiger partial charge in [0.05, 0.1) is 5.60 Å². The summed E-state index contributed by atoms with van der Waals surface area (Å²) < 4.78 is 0. The van der Waals surface area contributed by atoms with Gasteiger partial charge in [0.1, 0.15) is 17.5 Å². The Morgan fingerprint density at radius 3 is 2.50 bits per heavy atom. The molecule has 7 nitrogen and oxygen atoms in total. The first-order chi connectivity index (χ1) is 9.37. The molecule has 1 saturated heterocycles. The molecular weight excluding hydrogens is 256 g/mol. The molecule has 0 bridgehead atoms. The topological polar surface area (TPSA) is 90.5 Å². The summed E-state index contributed by atoms with van der Waals surface area (Å²) in [7, 11) is 0. The third kappa shape index (κ3) is 4.03. The minimum absolute atomic E-state index is 0.631. The Balaban J connectivity index is 1.98. The van der Waals surface area contributed by atoms with Gasteiger partial charge in [0.2, 0.25) is 0 Å². The molecule has 1 aromatic rings. The summed E-state index contributed by atoms with van der Waals surface area (Å²) in [5, 5.41) is 9.86. The van der Waals surface area contributed by atoms with Crippen LogP contribution in [-0.2, 0) is 0 Å². The maximum absolute atomic E-state index is 9.86. The molecular formula is C13H24N6O. The third-order valence-electron chi connectivity index (χ3n) is 3.28. The lowest BCUT2D eigenvalue weighted by atomic mass is 10.1. The van der Waals surface area contributed by atoms with Crippen LogP contribution in [0.4, 0.5) is 11.6 Å². The summed E-state index contributed by atoms with van der Waals surface area (Å²) in [4.78, 5) is 13.1. The van der Waals surface area contributed by atoms with Crippen LogP contribution in [0.25, 0.3) is 0 Å². The average molecular weight is 280 g/mol. The van der Waals surface area contributed by atoms with Gasteiger partial charge in [-0.15, -0.1) is 0 Å². The Bertz CT molecular complexity index is 451. The molecule has 1 aliphatic rings. The number of nitrogens with two attached hydrogens (primary N) is 1. The summed E-state index contributed by atoms with van der Waals surface area (Å²) >= 11 is 0. The van der Waals surface area contributed by atoms with Crippen LogP contribution in [0.3, 0.4) is 0 Å². The van der Waals surface area contributed by atoms with Crippen molar-refractivity contribution in [2.75, 3.05) is 43.0 Å². The molecule has 0 aliphatic carbocycles. The lowest BCUT2D eigenvalue weighted by molar-refractivity contribution is 0.0344. The number of anilines is 2. The minimum atomic E-state index is -0.648. The summed E-state index contributed by atoms with van der Waals surface area (Å²) in [6.45, 7) is 9.83. The van der Waals surface area contributed by atoms with Gasteiger partial charge in [0.15, 0.2) is 0 Å². The van der Waals surface area contributed by atoms with Crippen LogP contribution in [0.5, 0.6) is 0 Å². The molecule has 20 heavy (non-hydrogen) atoms. The van der Waals surface area contributed by atoms with Crippen molar-refractivity contribution in [2.45, 2.75) is 26.4 Å². The number of rotatable bonds is 4. The molecule has 7 heteroatoms. The first-order valence-electron chi connectivity index (χ1n) is 6.89. The van der Waals surface area contributed by atoms with Gasteiger partial charge >= 0.3 is 0 Å². The summed E-state index contributed by atoms with van der Waals surface area (Å²) in [5.74, 6) is 7.64. The predicted molar refractivity (Wildman–Crippen MR) is 79.5 cm³/mol. The zero-order valence-electron chi connectivity index (χ0n) is 12.4. The van der Waals surface area contributed by atoms with E-state index in [1.54, 1.807) is 0 Å². The van der Waals surface area contributed by atoms with E-state index in [9.17, 15) is 5.11 Å². The van der Waals surface area contributed by atoms with Crippen molar-refractivity contribution in [3.63, 3.8) is 0 Å². The van der Waals surface area contributed by atoms with E-state index >= 15 is 0 Å². The van der Waals surface area contributed by atoms with Crippen LogP contribution in [0.2, 0.25) is 0 Å². The Labute approximate surface area is 119 Å². The van der Waals surface area contributed by atoms with E-state index < -0.39 is 5.60 Å². The standard InChI is InChI=1S/C13H24N6O/c1-10-15-11(17-14)8-12(16-10)19-6-4-18(5-7-19)9-13(2,3)20/h8,20H,4-7,9,14H2,1-3H3,(H,15,16,17). The highest BCUT2D eigenvalue weighted by Crippen LogP contribution is 2.18. The van der Waals surface area contributed by atoms with Crippen molar-refractivity contribution in [1.82, 2.24) is 14.9 Å². The molecule has 1 aromatic heterocycles. The highest BCUT2D eigenvalue weighted by molar-refractivity contribution is 5.49. The quantitative estimate of drug-likeness (QED) is 0.527. The van der Waals surface area contributed by atoms with Crippen LogP contribution in [0, 0.1) is 6.92 Å². The number of β-amino-alcohol motifs (C(OH)–C–C–N with tert-alkyl or cyclic N) is 1. The maximum atomic E-state index is 9.86. The Hall–Kier alpha value is -1.44. The largest absolute Gasteiger partial charge is 0.389 e. The molecule has 112 valence electrons. The number of nitrogens with zero attached hydrogens (tertiary/aromatic N) is 4. The van der Waals surface area contributed by atoms with Gasteiger partial charge in [-0.3, -0.25) is 4.90 Å². The van der Waals surface area contributed by atoms with E-state index in [1.807, 2.05) is 26.8 Å². The van der Waals surface area contributed by atoms with Crippen LogP contribution >= 0.6 is 0 Å². The van der Waals surface area contributed by atoms with Gasteiger partial charge in [0, 0.05) is 38.8 Å². The van der Waals surface area contributed by atoms with E-state index in [4.69, 9.17) is 5.84 Å². The van der Waals surface area contributed by atoms with Crippen LogP contribution in [0.1, 0.15) is 19.7 Å². The fourth-order valence-corrected chi connectivity index (χ4v) is 2.47. The van der Waals surface area contributed by atoms with Gasteiger partial charge in [-0.2, -0.15) is 0 Å². The molecule has 0 spiro atoms. The molecule has 2 heterocycles. The van der Waals surface area contributed by atoms with Crippen molar-refractivity contribution in [1.29, 1.82) is 0 Å². The normalized spacial score (nSPS) is 17.4. The molecule has 1 aliphatic heterocycles. The first kappa shape index (κ1) is 15.0. The fourth-order valence-electron chi connectivity index (χ4n) is 2.47. The molecule has 4 N–H and O–H groups in total. The number of aliphatic hydroxyl groups is 1. The average Bonchev–Trinajstić information content (AvgIpc) is 2.37. The molecule has 0 atom stereocenters. The number of hydrogen-bond acceptors (Lipinski definition) is 7. The predicted octanol–water partition coefficient (Wildman–Crippen LogP) is -0.0365. The zero-order chi connectivity index (χ0) is 14.8. The number of nitrogens with one attached hydrogen (secondary N) is 1. The van der Waals surface area contributed by atoms with Crippen molar-refractivity contribution in [3.05, 3.63) is 11.9 Å². The van der Waals surface area contributed by atoms with Gasteiger partial charge in [-0.25, -0.2) is 15.8 Å². The third-order valence-corrected chi connectivity index (χ3v) is 3.28. The lowest BCUT2D eigenvalue weighted by Crippen LogP contribution is -2.50. The summed E-state index contributed by atoms with van der Waals surface area (Å²) in [5.41, 5.74) is 1.92. The summed E-state index contributed by atoms with van der Waals surface area (Å²) in [6.07, 6.45) is 0. The van der Waals surface area contributed by atoms with Crippen LogP contribution in [-0.4, -0.2) is 58.3 Å². The highest BCUT2D eigenvalue weighted by atomic mass is 16.3. The van der Waals surface area contributed by atoms with Gasteiger partial charge < -0.3 is 15.4 Å². The second-order valence-corrected chi connectivity index (χ2v) is 5.88. The first-order valence-corrected chi connectivity index (χ1v) is 6.89. The summed E-state index contributed by atoms with van der Waals surface area (Å²) in [6, 6.07) is 1.86. The highest BCUT2D eigenvalue weighted by Gasteiger charge is 2.23. The maximum Gasteiger partial charge on any atom is 0.145 e. The molecule has 0 unspecified atom stereocenters. The van der Waals surface area contributed by atoms with E-state index in [2.05, 4.69) is 25.2 Å². The number of aromatic nitrogens is 2. The number of aryl methyl sites for hydroxylation is 1. The molecule has 0 amide bonds. The molecule has 0 saturated carbocycles. The van der Waals surface area contributed by atoms with Crippen molar-refractivity contribution >= 4 is 11.6 Å². The molecule has 1 fully saturated rings. The number of hydrogen-bond donors (Lipinski definition) is 3. The smallest absolute Gasteiger partial charge is 0.145 e. The van der Waals surface area contributed by atoms with Gasteiger partial charge in [0.25, 0.3) is 0 Å². The minimum Gasteiger partial charge on any atom is -0.389 e. The zero-order valence-corrected chi connectivity index (χ0v) is 12.4. The molecule has 2 rings (SSSR count). The SMILES string of the molecule is Cc1nc(NN)cc(N2CCN(CC(C)(C)O)CC2)n1. The fraction of sp³-hybridized carbons (Fsp3) is 0.692. The Morgan fingerprint density at radius 1 is 1.30 bits per heavy atom. The number of piperazine rings is 1. The Morgan fingerprint density at radius 2 is 1.95 bits per heavy atom. The van der Waals surface area contributed by atoms with E-state index in [0.29, 0.717) is 18.2 Å². The lowest BCUT2D eigenvalue weighted by Gasteiger charge is -2.37. The van der Waals surface area contributed by atoms with Crippen LogP contribution in [0.15, 0.2) is 6.07 Å². The second kappa shape index (κ2) is 5.90. The van der Waals surface area contributed by atoms with Gasteiger partial charge in [-0.05, 0) is 20.8 Å². The van der Waals surface area contributed by atoms with Crippen molar-refractivity contribution in [2.24, 2.45) is 5.84 Å². The molecule has 0 radical (unpaired) electrons. The van der Waals surface area contributed by atoms with E-state index in [-0.39, 0.29) is 0 Å². The molecule has 0 aromatic carbocycles. The number of nitrogen functional groups attached to an aromatic ring is 1. The van der Waals surface area contributed by atoms with E-state index in [1.165, 1.54) is 0 Å².